The molecule has 0 atom stereocenters. The zero-order chi connectivity index (χ0) is 19.8. The molecule has 1 saturated heterocycles. The van der Waals surface area contributed by atoms with E-state index in [1.54, 1.807) is 21.7 Å². The van der Waals surface area contributed by atoms with Gasteiger partial charge in [-0.05, 0) is 44.5 Å². The van der Waals surface area contributed by atoms with Crippen molar-refractivity contribution in [3.05, 3.63) is 47.4 Å². The maximum Gasteiger partial charge on any atom is 0.273 e. The van der Waals surface area contributed by atoms with Crippen molar-refractivity contribution in [2.75, 3.05) is 16.8 Å². The number of hydrogen-bond donors (Lipinski definition) is 2. The van der Waals surface area contributed by atoms with Crippen molar-refractivity contribution < 1.29 is 9.59 Å². The molecule has 1 aliphatic heterocycles. The summed E-state index contributed by atoms with van der Waals surface area (Å²) in [6, 6.07) is 9.04. The number of nitrogens with zero attached hydrogens (tertiary/aromatic N) is 4. The molecular weight excluding hydrogens is 356 g/mol. The van der Waals surface area contributed by atoms with Gasteiger partial charge in [0.2, 0.25) is 5.91 Å². The predicted molar refractivity (Wildman–Crippen MR) is 106 cm³/mol. The average Bonchev–Trinajstić information content (AvgIpc) is 3.36. The molecule has 4 rings (SSSR count). The van der Waals surface area contributed by atoms with Gasteiger partial charge in [0.1, 0.15) is 5.69 Å². The normalized spacial score (nSPS) is 14.0. The van der Waals surface area contributed by atoms with Crippen molar-refractivity contribution in [2.24, 2.45) is 7.05 Å². The number of benzene rings is 1. The zero-order valence-electron chi connectivity index (χ0n) is 16.1. The first kappa shape index (κ1) is 18.0. The Morgan fingerprint density at radius 3 is 2.75 bits per heavy atom. The second-order valence-electron chi connectivity index (χ2n) is 6.99. The molecule has 1 aromatic carbocycles. The lowest BCUT2D eigenvalue weighted by molar-refractivity contribution is -0.117. The Kier molecular flexibility index (Phi) is 4.46. The molecule has 2 amide bonds. The quantitative estimate of drug-likeness (QED) is 0.730. The van der Waals surface area contributed by atoms with Crippen LogP contribution < -0.4 is 10.2 Å². The standard InChI is InChI=1S/C20H22N6O2/c1-12-19(13(2)25(3)24-12)16-11-17(23-22-16)20(28)21-14-6-4-7-15(10-14)26-9-5-8-18(26)27/h4,6-7,10-11H,5,8-9H2,1-3H3,(H,21,28)(H,22,23). The van der Waals surface area contributed by atoms with Crippen LogP contribution in [0.25, 0.3) is 11.3 Å². The molecule has 0 bridgehead atoms. The van der Waals surface area contributed by atoms with Crippen LogP contribution in [0.2, 0.25) is 0 Å². The summed E-state index contributed by atoms with van der Waals surface area (Å²) < 4.78 is 1.80. The Morgan fingerprint density at radius 1 is 1.25 bits per heavy atom. The molecular formula is C20H22N6O2. The summed E-state index contributed by atoms with van der Waals surface area (Å²) in [6.45, 7) is 4.60. The lowest BCUT2D eigenvalue weighted by Crippen LogP contribution is -2.23. The lowest BCUT2D eigenvalue weighted by Gasteiger charge is -2.16. The van der Waals surface area contributed by atoms with Crippen LogP contribution in [0.1, 0.15) is 34.7 Å². The molecule has 0 spiro atoms. The summed E-state index contributed by atoms with van der Waals surface area (Å²) in [5.74, 6) is -0.174. The molecule has 28 heavy (non-hydrogen) atoms. The van der Waals surface area contributed by atoms with Gasteiger partial charge >= 0.3 is 0 Å². The van der Waals surface area contributed by atoms with Crippen LogP contribution in [-0.4, -0.2) is 38.3 Å². The molecule has 3 aromatic rings. The third-order valence-electron chi connectivity index (χ3n) is 5.08. The van der Waals surface area contributed by atoms with Gasteiger partial charge in [-0.2, -0.15) is 10.2 Å². The van der Waals surface area contributed by atoms with E-state index in [1.165, 1.54) is 0 Å². The second-order valence-corrected chi connectivity index (χ2v) is 6.99. The van der Waals surface area contributed by atoms with Crippen LogP contribution in [-0.2, 0) is 11.8 Å². The first-order valence-corrected chi connectivity index (χ1v) is 9.22. The number of amides is 2. The van der Waals surface area contributed by atoms with Crippen molar-refractivity contribution in [3.63, 3.8) is 0 Å². The van der Waals surface area contributed by atoms with E-state index in [0.29, 0.717) is 30.0 Å². The summed E-state index contributed by atoms with van der Waals surface area (Å²) >= 11 is 0. The van der Waals surface area contributed by atoms with Gasteiger partial charge < -0.3 is 10.2 Å². The van der Waals surface area contributed by atoms with Crippen molar-refractivity contribution in [1.82, 2.24) is 20.0 Å². The van der Waals surface area contributed by atoms with Crippen LogP contribution in [0.5, 0.6) is 0 Å². The van der Waals surface area contributed by atoms with Gasteiger partial charge in [0.25, 0.3) is 5.91 Å². The van der Waals surface area contributed by atoms with E-state index >= 15 is 0 Å². The van der Waals surface area contributed by atoms with Crippen LogP contribution >= 0.6 is 0 Å². The van der Waals surface area contributed by atoms with Gasteiger partial charge in [0.15, 0.2) is 0 Å². The molecule has 2 N–H and O–H groups in total. The molecule has 8 nitrogen and oxygen atoms in total. The molecule has 0 saturated carbocycles. The molecule has 1 fully saturated rings. The monoisotopic (exact) mass is 378 g/mol. The maximum atomic E-state index is 12.6. The van der Waals surface area contributed by atoms with Gasteiger partial charge in [-0.25, -0.2) is 0 Å². The number of aromatic amines is 1. The van der Waals surface area contributed by atoms with Gasteiger partial charge in [-0.3, -0.25) is 19.4 Å². The number of nitrogens with one attached hydrogen (secondary N) is 2. The van der Waals surface area contributed by atoms with Crippen molar-refractivity contribution in [3.8, 4) is 11.3 Å². The van der Waals surface area contributed by atoms with Crippen molar-refractivity contribution >= 4 is 23.2 Å². The summed E-state index contributed by atoms with van der Waals surface area (Å²) in [5.41, 5.74) is 5.25. The van der Waals surface area contributed by atoms with E-state index in [9.17, 15) is 9.59 Å². The smallest absolute Gasteiger partial charge is 0.273 e. The van der Waals surface area contributed by atoms with Gasteiger partial charge in [0, 0.05) is 42.6 Å². The summed E-state index contributed by atoms with van der Waals surface area (Å²) in [5, 5.41) is 14.3. The first-order chi connectivity index (χ1) is 13.4. The molecule has 3 heterocycles. The van der Waals surface area contributed by atoms with E-state index in [1.807, 2.05) is 39.1 Å². The molecule has 0 unspecified atom stereocenters. The Hall–Kier alpha value is -3.42. The highest BCUT2D eigenvalue weighted by Crippen LogP contribution is 2.26. The predicted octanol–water partition coefficient (Wildman–Crippen LogP) is 2.81. The van der Waals surface area contributed by atoms with Crippen LogP contribution in [0.4, 0.5) is 11.4 Å². The minimum Gasteiger partial charge on any atom is -0.321 e. The van der Waals surface area contributed by atoms with E-state index in [0.717, 1.165) is 29.1 Å². The molecule has 0 radical (unpaired) electrons. The first-order valence-electron chi connectivity index (χ1n) is 9.22. The highest BCUT2D eigenvalue weighted by molar-refractivity contribution is 6.04. The number of aryl methyl sites for hydroxylation is 2. The van der Waals surface area contributed by atoms with E-state index in [2.05, 4.69) is 20.6 Å². The summed E-state index contributed by atoms with van der Waals surface area (Å²) in [4.78, 5) is 26.3. The lowest BCUT2D eigenvalue weighted by atomic mass is 10.1. The minimum absolute atomic E-state index is 0.115. The number of rotatable bonds is 4. The number of aromatic nitrogens is 4. The summed E-state index contributed by atoms with van der Waals surface area (Å²) in [7, 11) is 1.88. The highest BCUT2D eigenvalue weighted by Gasteiger charge is 2.22. The van der Waals surface area contributed by atoms with Gasteiger partial charge in [-0.15, -0.1) is 0 Å². The Bertz CT molecular complexity index is 1060. The highest BCUT2D eigenvalue weighted by atomic mass is 16.2. The molecule has 0 aliphatic carbocycles. The van der Waals surface area contributed by atoms with Crippen LogP contribution in [0.15, 0.2) is 30.3 Å². The molecule has 2 aromatic heterocycles. The average molecular weight is 378 g/mol. The minimum atomic E-state index is -0.289. The number of hydrogen-bond acceptors (Lipinski definition) is 4. The summed E-state index contributed by atoms with van der Waals surface area (Å²) in [6.07, 6.45) is 1.43. The Balaban J connectivity index is 1.53. The maximum absolute atomic E-state index is 12.6. The van der Waals surface area contributed by atoms with Crippen LogP contribution in [0.3, 0.4) is 0 Å². The number of H-pyrrole nitrogens is 1. The Morgan fingerprint density at radius 2 is 2.07 bits per heavy atom. The number of anilines is 2. The zero-order valence-corrected chi connectivity index (χ0v) is 16.1. The second kappa shape index (κ2) is 6.95. The molecule has 144 valence electrons. The molecule has 8 heteroatoms. The fourth-order valence-corrected chi connectivity index (χ4v) is 3.58. The van der Waals surface area contributed by atoms with Crippen molar-refractivity contribution in [1.29, 1.82) is 0 Å². The fourth-order valence-electron chi connectivity index (χ4n) is 3.58. The van der Waals surface area contributed by atoms with Gasteiger partial charge in [-0.1, -0.05) is 6.07 Å². The molecule has 1 aliphatic rings. The largest absolute Gasteiger partial charge is 0.321 e. The van der Waals surface area contributed by atoms with Crippen molar-refractivity contribution in [2.45, 2.75) is 26.7 Å². The van der Waals surface area contributed by atoms with E-state index in [4.69, 9.17) is 0 Å². The third-order valence-corrected chi connectivity index (χ3v) is 5.08. The fraction of sp³-hybridized carbons (Fsp3) is 0.300. The van der Waals surface area contributed by atoms with Gasteiger partial charge in [0.05, 0.1) is 11.4 Å². The third kappa shape index (κ3) is 3.17. The van der Waals surface area contributed by atoms with E-state index in [-0.39, 0.29) is 11.8 Å². The van der Waals surface area contributed by atoms with E-state index < -0.39 is 0 Å². The van der Waals surface area contributed by atoms with Crippen LogP contribution in [0, 0.1) is 13.8 Å². The number of carbonyl (C=O) groups is 2. The Labute approximate surface area is 162 Å². The SMILES string of the molecule is Cc1nn(C)c(C)c1-c1cc(C(=O)Nc2cccc(N3CCCC3=O)c2)[nH]n1. The topological polar surface area (TPSA) is 95.9 Å². The number of carbonyl (C=O) groups excluding carboxylic acids is 2.